The third kappa shape index (κ3) is 4.01. The van der Waals surface area contributed by atoms with Crippen molar-refractivity contribution in [1.82, 2.24) is 0 Å². The standard InChI is InChI=1S/C13H8F6OS2/c14-12(15,16)10-11(13(17,18)19)22-9(21-10)6-8(20)7-4-2-1-3-5-7/h1-5,9H,6H2. The number of allylic oxidation sites excluding steroid dienone is 2. The van der Waals surface area contributed by atoms with E-state index in [1.54, 1.807) is 18.2 Å². The van der Waals surface area contributed by atoms with Gasteiger partial charge in [-0.3, -0.25) is 4.79 Å². The third-order valence-corrected chi connectivity index (χ3v) is 5.58. The van der Waals surface area contributed by atoms with E-state index in [1.165, 1.54) is 12.1 Å². The minimum Gasteiger partial charge on any atom is -0.294 e. The lowest BCUT2D eigenvalue weighted by atomic mass is 10.1. The topological polar surface area (TPSA) is 17.1 Å². The lowest BCUT2D eigenvalue weighted by Gasteiger charge is -2.11. The molecule has 1 aliphatic rings. The number of carbonyl (C=O) groups is 1. The maximum atomic E-state index is 12.7. The van der Waals surface area contributed by atoms with Crippen molar-refractivity contribution in [2.75, 3.05) is 0 Å². The highest BCUT2D eigenvalue weighted by atomic mass is 32.2. The van der Waals surface area contributed by atoms with Crippen molar-refractivity contribution in [2.45, 2.75) is 23.4 Å². The van der Waals surface area contributed by atoms with Gasteiger partial charge in [-0.2, -0.15) is 26.3 Å². The van der Waals surface area contributed by atoms with Crippen LogP contribution in [0.2, 0.25) is 0 Å². The second kappa shape index (κ2) is 6.19. The van der Waals surface area contributed by atoms with Crippen LogP contribution in [0.3, 0.4) is 0 Å². The number of hydrogen-bond donors (Lipinski definition) is 0. The van der Waals surface area contributed by atoms with Crippen LogP contribution in [0.4, 0.5) is 26.3 Å². The summed E-state index contributed by atoms with van der Waals surface area (Å²) in [6, 6.07) is 7.73. The second-order valence-corrected chi connectivity index (χ2v) is 7.04. The molecule has 1 heterocycles. The van der Waals surface area contributed by atoms with Crippen molar-refractivity contribution < 1.29 is 31.1 Å². The van der Waals surface area contributed by atoms with Crippen LogP contribution >= 0.6 is 23.5 Å². The maximum absolute atomic E-state index is 12.7. The molecule has 0 unspecified atom stereocenters. The summed E-state index contributed by atoms with van der Waals surface area (Å²) in [7, 11) is 0. The molecule has 0 aliphatic carbocycles. The summed E-state index contributed by atoms with van der Waals surface area (Å²) in [5.41, 5.74) is 0.262. The Hall–Kier alpha value is -1.09. The first-order valence-electron chi connectivity index (χ1n) is 5.89. The van der Waals surface area contributed by atoms with Crippen LogP contribution in [-0.2, 0) is 0 Å². The molecule has 0 aromatic heterocycles. The number of benzene rings is 1. The Balaban J connectivity index is 2.14. The van der Waals surface area contributed by atoms with E-state index in [2.05, 4.69) is 0 Å². The van der Waals surface area contributed by atoms with Crippen LogP contribution in [0, 0.1) is 0 Å². The molecule has 1 aliphatic heterocycles. The lowest BCUT2D eigenvalue weighted by Crippen LogP contribution is -2.16. The van der Waals surface area contributed by atoms with Crippen molar-refractivity contribution in [3.05, 3.63) is 45.7 Å². The van der Waals surface area contributed by atoms with Crippen molar-refractivity contribution in [1.29, 1.82) is 0 Å². The number of thioether (sulfide) groups is 2. The van der Waals surface area contributed by atoms with Gasteiger partial charge in [0.15, 0.2) is 5.78 Å². The van der Waals surface area contributed by atoms with E-state index in [0.717, 1.165) is 0 Å². The zero-order valence-corrected chi connectivity index (χ0v) is 12.3. The first-order valence-corrected chi connectivity index (χ1v) is 7.65. The summed E-state index contributed by atoms with van der Waals surface area (Å²) >= 11 is 0.105. The first kappa shape index (κ1) is 17.3. The molecule has 1 aromatic carbocycles. The Kier molecular flexibility index (Phi) is 4.86. The molecular weight excluding hydrogens is 350 g/mol. The molecule has 0 spiro atoms. The monoisotopic (exact) mass is 358 g/mol. The van der Waals surface area contributed by atoms with Crippen LogP contribution in [0.1, 0.15) is 16.8 Å². The van der Waals surface area contributed by atoms with Crippen molar-refractivity contribution in [2.24, 2.45) is 0 Å². The fourth-order valence-corrected chi connectivity index (χ4v) is 4.53. The SMILES string of the molecule is O=C(CC1SC(C(F)(F)F)=C(C(F)(F)F)S1)c1ccccc1. The summed E-state index contributed by atoms with van der Waals surface area (Å²) in [5, 5.41) is 0. The summed E-state index contributed by atoms with van der Waals surface area (Å²) in [4.78, 5) is 8.56. The van der Waals surface area contributed by atoms with Crippen LogP contribution < -0.4 is 0 Å². The number of halogens is 6. The number of alkyl halides is 6. The predicted molar refractivity (Wildman–Crippen MR) is 73.5 cm³/mol. The van der Waals surface area contributed by atoms with Gasteiger partial charge in [-0.15, -0.1) is 23.5 Å². The average molecular weight is 358 g/mol. The first-order chi connectivity index (χ1) is 10.1. The van der Waals surface area contributed by atoms with E-state index in [-0.39, 0.29) is 29.1 Å². The van der Waals surface area contributed by atoms with E-state index >= 15 is 0 Å². The van der Waals surface area contributed by atoms with E-state index in [9.17, 15) is 31.1 Å². The van der Waals surface area contributed by atoms with Crippen molar-refractivity contribution in [3.63, 3.8) is 0 Å². The van der Waals surface area contributed by atoms with Crippen LogP contribution in [0.5, 0.6) is 0 Å². The van der Waals surface area contributed by atoms with Crippen LogP contribution in [0.25, 0.3) is 0 Å². The van der Waals surface area contributed by atoms with E-state index in [0.29, 0.717) is 0 Å². The summed E-state index contributed by atoms with van der Waals surface area (Å²) in [5.74, 6) is -0.490. The number of carbonyl (C=O) groups excluding carboxylic acids is 1. The maximum Gasteiger partial charge on any atom is 0.423 e. The highest BCUT2D eigenvalue weighted by Crippen LogP contribution is 2.57. The fraction of sp³-hybridized carbons (Fsp3) is 0.308. The Morgan fingerprint density at radius 2 is 1.36 bits per heavy atom. The molecule has 1 aromatic rings. The smallest absolute Gasteiger partial charge is 0.294 e. The van der Waals surface area contributed by atoms with Crippen LogP contribution in [0.15, 0.2) is 40.1 Å². The quantitative estimate of drug-likeness (QED) is 0.532. The van der Waals surface area contributed by atoms with Gasteiger partial charge in [-0.05, 0) is 0 Å². The van der Waals surface area contributed by atoms with Crippen LogP contribution in [-0.4, -0.2) is 22.7 Å². The highest BCUT2D eigenvalue weighted by molar-refractivity contribution is 8.23. The molecule has 0 radical (unpaired) electrons. The van der Waals surface area contributed by atoms with Gasteiger partial charge in [0.2, 0.25) is 0 Å². The van der Waals surface area contributed by atoms with Crippen molar-refractivity contribution in [3.8, 4) is 0 Å². The highest BCUT2D eigenvalue weighted by Gasteiger charge is 2.51. The van der Waals surface area contributed by atoms with E-state index < -0.39 is 38.9 Å². The summed E-state index contributed by atoms with van der Waals surface area (Å²) in [6.07, 6.45) is -10.6. The average Bonchev–Trinajstić information content (AvgIpc) is 2.83. The lowest BCUT2D eigenvalue weighted by molar-refractivity contribution is -0.103. The van der Waals surface area contributed by atoms with Gasteiger partial charge in [0.05, 0.1) is 4.58 Å². The molecule has 0 amide bonds. The molecule has 0 N–H and O–H groups in total. The molecule has 120 valence electrons. The molecule has 2 rings (SSSR count). The van der Waals surface area contributed by atoms with Crippen molar-refractivity contribution >= 4 is 29.3 Å². The number of rotatable bonds is 3. The number of ketones is 1. The normalized spacial score (nSPS) is 17.2. The minimum absolute atomic E-state index is 0.0523. The van der Waals surface area contributed by atoms with Gasteiger partial charge in [0.1, 0.15) is 9.81 Å². The molecule has 1 nitrogen and oxygen atoms in total. The number of Topliss-reactive ketones (excluding diaryl/α,β-unsaturated/α-hetero) is 1. The molecule has 9 heteroatoms. The summed E-state index contributed by atoms with van der Waals surface area (Å²) in [6.45, 7) is 0. The Morgan fingerprint density at radius 1 is 0.909 bits per heavy atom. The van der Waals surface area contributed by atoms with E-state index in [4.69, 9.17) is 0 Å². The molecule has 0 saturated carbocycles. The molecule has 0 fully saturated rings. The Bertz CT molecular complexity index is 565. The van der Waals surface area contributed by atoms with Gasteiger partial charge < -0.3 is 0 Å². The molecule has 0 saturated heterocycles. The molecular formula is C13H8F6OS2. The third-order valence-electron chi connectivity index (χ3n) is 2.67. The van der Waals surface area contributed by atoms with Gasteiger partial charge in [-0.25, -0.2) is 0 Å². The van der Waals surface area contributed by atoms with E-state index in [1.807, 2.05) is 0 Å². The molecule has 0 bridgehead atoms. The minimum atomic E-state index is -5.08. The largest absolute Gasteiger partial charge is 0.423 e. The van der Waals surface area contributed by atoms with Gasteiger partial charge in [0, 0.05) is 12.0 Å². The second-order valence-electron chi connectivity index (χ2n) is 4.31. The zero-order chi connectivity index (χ0) is 16.5. The van der Waals surface area contributed by atoms with Gasteiger partial charge in [0.25, 0.3) is 0 Å². The van der Waals surface area contributed by atoms with Gasteiger partial charge in [-0.1, -0.05) is 30.3 Å². The predicted octanol–water partition coefficient (Wildman–Crippen LogP) is 5.40. The molecule has 22 heavy (non-hydrogen) atoms. The summed E-state index contributed by atoms with van der Waals surface area (Å²) < 4.78 is 75.0. The molecule has 0 atom stereocenters. The number of hydrogen-bond acceptors (Lipinski definition) is 3. The zero-order valence-electron chi connectivity index (χ0n) is 10.7. The Morgan fingerprint density at radius 3 is 1.77 bits per heavy atom. The van der Waals surface area contributed by atoms with Gasteiger partial charge >= 0.3 is 12.4 Å². The fourth-order valence-electron chi connectivity index (χ4n) is 1.76. The Labute approximate surface area is 130 Å².